The number of hydrogen-bond donors (Lipinski definition) is 1. The molecule has 5 aromatic carbocycles. The summed E-state index contributed by atoms with van der Waals surface area (Å²) in [6.07, 6.45) is 1.35. The second-order valence-corrected chi connectivity index (χ2v) is 27.0. The van der Waals surface area contributed by atoms with Gasteiger partial charge >= 0.3 is 6.18 Å². The van der Waals surface area contributed by atoms with E-state index in [0.29, 0.717) is 54.7 Å². The molecular weight excluding hydrogens is 1720 g/mol. The van der Waals surface area contributed by atoms with E-state index in [0.717, 1.165) is 72.0 Å². The summed E-state index contributed by atoms with van der Waals surface area (Å²) in [4.78, 5) is 16.8. The Morgan fingerprint density at radius 1 is 0.688 bits per heavy atom. The number of halogens is 8. The molecule has 5 aromatic heterocycles. The fourth-order valence-corrected chi connectivity index (χ4v) is 10.5. The molecule has 4 atom stereocenters. The van der Waals surface area contributed by atoms with Crippen LogP contribution in [0.3, 0.4) is 0 Å². The number of imidazole rings is 1. The van der Waals surface area contributed by atoms with Crippen LogP contribution >= 0.6 is 8.58 Å². The molecule has 0 saturated carbocycles. The molecule has 1 N–H and O–H groups in total. The first-order valence-corrected chi connectivity index (χ1v) is 30.3. The number of aromatic amines is 1. The van der Waals surface area contributed by atoms with Crippen molar-refractivity contribution in [2.75, 3.05) is 0 Å². The van der Waals surface area contributed by atoms with E-state index >= 15 is 0 Å². The van der Waals surface area contributed by atoms with Crippen molar-refractivity contribution in [2.45, 2.75) is 159 Å². The number of hydrogen-bond acceptors (Lipinski definition) is 9. The van der Waals surface area contributed by atoms with Gasteiger partial charge in [0, 0.05) is 129 Å². The molecule has 0 saturated heterocycles. The van der Waals surface area contributed by atoms with Crippen molar-refractivity contribution in [1.29, 1.82) is 0 Å². The number of H-pyrrole nitrogens is 1. The first kappa shape index (κ1) is 81.8. The average molecular weight is 1790 g/mol. The van der Waals surface area contributed by atoms with E-state index in [1.54, 1.807) is 0 Å². The molecule has 0 aliphatic heterocycles. The number of pyridine rings is 1. The zero-order valence-electron chi connectivity index (χ0n) is 54.1. The van der Waals surface area contributed by atoms with Crippen LogP contribution < -0.4 is 5.30 Å². The van der Waals surface area contributed by atoms with E-state index in [-0.39, 0.29) is 111 Å². The maximum atomic E-state index is 14.3. The number of alkyl halides is 3. The maximum absolute atomic E-state index is 14.3. The first-order valence-electron chi connectivity index (χ1n) is 29.3. The number of aromatic nitrogens is 9. The number of benzene rings is 5. The Balaban J connectivity index is 0.000000325. The number of rotatable bonds is 14. The van der Waals surface area contributed by atoms with Gasteiger partial charge in [0.05, 0.1) is 5.82 Å². The number of nitrogens with one attached hydrogen (secondary N) is 1. The molecular formula is C69H75F8Ir2N9NiO2PPd-3. The molecule has 510 valence electrons. The quantitative estimate of drug-likeness (QED) is 0.0282. The third-order valence-corrected chi connectivity index (χ3v) is 16.3. The first-order chi connectivity index (χ1) is 41.8. The summed E-state index contributed by atoms with van der Waals surface area (Å²) in [5.74, 6) is -4.42. The molecule has 0 aliphatic carbocycles. The maximum Gasteiger partial charge on any atom is 0.381 e. The van der Waals surface area contributed by atoms with E-state index in [9.17, 15) is 35.1 Å². The van der Waals surface area contributed by atoms with Crippen LogP contribution in [-0.2, 0) is 94.9 Å². The van der Waals surface area contributed by atoms with Crippen LogP contribution in [0.1, 0.15) is 173 Å². The fraction of sp³-hybridized carbons (Fsp3) is 0.377. The Bertz CT molecular complexity index is 3950. The fourth-order valence-electron chi connectivity index (χ4n) is 9.22. The topological polar surface area (TPSA) is 137 Å². The van der Waals surface area contributed by atoms with E-state index in [2.05, 4.69) is 160 Å². The van der Waals surface area contributed by atoms with Gasteiger partial charge in [-0.05, 0) is 60.5 Å². The van der Waals surface area contributed by atoms with Crippen molar-refractivity contribution in [3.63, 3.8) is 0 Å². The van der Waals surface area contributed by atoms with Crippen LogP contribution in [0.15, 0.2) is 112 Å². The molecule has 11 nitrogen and oxygen atoms in total. The van der Waals surface area contributed by atoms with Crippen LogP contribution in [0.5, 0.6) is 0 Å². The van der Waals surface area contributed by atoms with Gasteiger partial charge in [-0.2, -0.15) is 23.3 Å². The zero-order chi connectivity index (χ0) is 65.3. The summed E-state index contributed by atoms with van der Waals surface area (Å²) >= 11 is 0. The van der Waals surface area contributed by atoms with Gasteiger partial charge in [-0.3, -0.25) is 4.98 Å². The van der Waals surface area contributed by atoms with E-state index in [1.807, 2.05) is 68.6 Å². The minimum Gasteiger partial charge on any atom is -0.365 e. The van der Waals surface area contributed by atoms with Crippen LogP contribution in [0.4, 0.5) is 35.1 Å². The van der Waals surface area contributed by atoms with Gasteiger partial charge in [-0.15, -0.1) is 105 Å². The van der Waals surface area contributed by atoms with Gasteiger partial charge in [-0.25, -0.2) is 26.9 Å². The van der Waals surface area contributed by atoms with Crippen molar-refractivity contribution in [3.05, 3.63) is 196 Å². The van der Waals surface area contributed by atoms with Crippen molar-refractivity contribution >= 4 is 19.4 Å². The molecule has 0 bridgehead atoms. The Labute approximate surface area is 592 Å². The number of aryl methyl sites for hydroxylation is 2. The number of nitrogens with zero attached hydrogens (tertiary/aromatic N) is 8. The Kier molecular flexibility index (Phi) is 30.8. The monoisotopic (exact) mass is 1790 g/mol. The average Bonchev–Trinajstić information content (AvgIpc) is 1.82. The van der Waals surface area contributed by atoms with Crippen molar-refractivity contribution in [2.24, 2.45) is 10.8 Å². The molecule has 0 spiro atoms. The molecule has 0 fully saturated rings. The minimum atomic E-state index is -4.36. The molecule has 93 heavy (non-hydrogen) atoms. The zero-order valence-corrected chi connectivity index (χ0v) is 62.4. The molecule has 2 radical (unpaired) electrons. The van der Waals surface area contributed by atoms with E-state index in [1.165, 1.54) is 35.1 Å². The molecule has 5 heterocycles. The SMILES string of the molecule is CC(c1nnc(-c2[c-]cc(C(F)(F)F)cc2)[nH]1)C(C)(C)C.CCC(C)c1nc(-c2[c-]ccc(-c3c(F)c(F)c(F)c(F)c3F)c2)c2ccccn12.CCCC(C)c1nc(C(C)(C)Pc2ccccc2)no1.Cc1c[c-]c(-c2noc(CC(C)(C)C)n2)c(C)c1.[Ir].[Ir].[Ni].[Pd]. The van der Waals surface area contributed by atoms with Crippen LogP contribution in [0.2, 0.25) is 0 Å². The summed E-state index contributed by atoms with van der Waals surface area (Å²) in [5, 5.41) is 17.6. The van der Waals surface area contributed by atoms with Gasteiger partial charge in [0.15, 0.2) is 29.1 Å². The van der Waals surface area contributed by atoms with Gasteiger partial charge in [-0.1, -0.05) is 152 Å². The number of fused-ring (bicyclic) bond motifs is 1. The third-order valence-electron chi connectivity index (χ3n) is 14.8. The van der Waals surface area contributed by atoms with Crippen LogP contribution in [0.25, 0.3) is 50.7 Å². The minimum absolute atomic E-state index is 0. The predicted octanol–water partition coefficient (Wildman–Crippen LogP) is 19.1. The van der Waals surface area contributed by atoms with E-state index < -0.39 is 46.4 Å². The summed E-state index contributed by atoms with van der Waals surface area (Å²) < 4.78 is 119. The Morgan fingerprint density at radius 2 is 1.33 bits per heavy atom. The smallest absolute Gasteiger partial charge is 0.365 e. The molecule has 24 heteroatoms. The molecule has 10 aromatic rings. The summed E-state index contributed by atoms with van der Waals surface area (Å²) in [5.41, 5.74) is 3.64. The standard InChI is InChI=1S/C23H16F5N2.C16H23N2OP.C15H17F3N3.C15H19N2O.2Ir.Ni.Pd/c1-3-12(2)23-29-22(15-9-4-5-10-30(15)23)14-8-6-7-13(11-14)16-17(24)19(26)21(28)20(27)18(16)25;1-5-9-12(2)14-17-15(18-19-14)16(3,4)20-13-10-7-6-8-11-13;1-9(14(2,3)4)12-19-13(21-20-12)10-5-7-11(8-6-10)15(16,17)18;1-10-6-7-12(11(2)8-10)14-16-13(18-17-14)9-15(3,4)5;;;;/h4-7,9-12H,3H2,1-2H3;6-8,10-12,20H,5,9H2,1-4H3;5,7-9H,1-4H3,(H,19,20,21);6,8H,9H2,1-5H3;;;;/q-1;;2*-1;;;;. The molecule has 4 unspecified atom stereocenters. The third kappa shape index (κ3) is 21.3. The molecule has 10 rings (SSSR count). The van der Waals surface area contributed by atoms with Crippen LogP contribution in [-0.4, -0.2) is 44.8 Å². The normalized spacial score (nSPS) is 12.5. The summed E-state index contributed by atoms with van der Waals surface area (Å²) in [6, 6.07) is 36.1. The summed E-state index contributed by atoms with van der Waals surface area (Å²) in [6.45, 7) is 31.6. The predicted molar refractivity (Wildman–Crippen MR) is 333 cm³/mol. The largest absolute Gasteiger partial charge is 0.381 e. The van der Waals surface area contributed by atoms with Gasteiger partial charge < -0.3 is 18.4 Å². The van der Waals surface area contributed by atoms with Crippen molar-refractivity contribution in [1.82, 2.24) is 44.8 Å². The van der Waals surface area contributed by atoms with E-state index in [4.69, 9.17) is 14.0 Å². The second-order valence-electron chi connectivity index (χ2n) is 24.9. The van der Waals surface area contributed by atoms with Gasteiger partial charge in [0.1, 0.15) is 17.5 Å². The summed E-state index contributed by atoms with van der Waals surface area (Å²) in [7, 11) is 0.631. The molecule has 0 amide bonds. The van der Waals surface area contributed by atoms with Gasteiger partial charge in [0.2, 0.25) is 17.6 Å². The second kappa shape index (κ2) is 35.0. The Morgan fingerprint density at radius 3 is 1.91 bits per heavy atom. The van der Waals surface area contributed by atoms with Crippen molar-refractivity contribution in [3.8, 4) is 45.2 Å². The van der Waals surface area contributed by atoms with Crippen LogP contribution in [0, 0.1) is 72.0 Å². The van der Waals surface area contributed by atoms with Gasteiger partial charge in [0.25, 0.3) is 0 Å². The van der Waals surface area contributed by atoms with Crippen molar-refractivity contribution < 1.29 is 121 Å². The molecule has 0 aliphatic rings. The Hall–Kier alpha value is -5.47.